The van der Waals surface area contributed by atoms with Crippen molar-refractivity contribution in [2.45, 2.75) is 31.7 Å². The number of hydrogen-bond acceptors (Lipinski definition) is 4. The number of halogens is 1. The Morgan fingerprint density at radius 1 is 1.25 bits per heavy atom. The third-order valence-corrected chi connectivity index (χ3v) is 4.97. The van der Waals surface area contributed by atoms with Crippen LogP contribution in [0.25, 0.3) is 5.69 Å². The van der Waals surface area contributed by atoms with E-state index in [1.807, 2.05) is 18.2 Å². The summed E-state index contributed by atoms with van der Waals surface area (Å²) in [6.45, 7) is 0. The minimum atomic E-state index is 0.565. The van der Waals surface area contributed by atoms with Gasteiger partial charge in [-0.3, -0.25) is 0 Å². The van der Waals surface area contributed by atoms with E-state index in [-0.39, 0.29) is 0 Å². The smallest absolute Gasteiger partial charge is 0.143 e. The van der Waals surface area contributed by atoms with E-state index in [2.05, 4.69) is 20.8 Å². The van der Waals surface area contributed by atoms with Crippen LogP contribution in [0.4, 0.5) is 5.69 Å². The van der Waals surface area contributed by atoms with E-state index in [1.54, 1.807) is 11.0 Å². The lowest BCUT2D eigenvalue weighted by atomic mass is 9.95. The monoisotopic (exact) mass is 289 g/mol. The van der Waals surface area contributed by atoms with Gasteiger partial charge in [0.25, 0.3) is 0 Å². The first kappa shape index (κ1) is 12.1. The van der Waals surface area contributed by atoms with Crippen LogP contribution in [0.2, 0.25) is 5.02 Å². The maximum absolute atomic E-state index is 6.31. The highest BCUT2D eigenvalue weighted by atomic mass is 35.5. The Kier molecular flexibility index (Phi) is 2.88. The first-order valence-corrected chi connectivity index (χ1v) is 7.47. The number of fused-ring (bicyclic) bond motifs is 2. The molecular weight excluding hydrogens is 274 g/mol. The van der Waals surface area contributed by atoms with Gasteiger partial charge in [-0.15, -0.1) is 5.10 Å². The van der Waals surface area contributed by atoms with Crippen molar-refractivity contribution in [1.29, 1.82) is 0 Å². The number of rotatable bonds is 3. The molecule has 2 bridgehead atoms. The molecule has 0 aliphatic heterocycles. The molecule has 0 amide bonds. The summed E-state index contributed by atoms with van der Waals surface area (Å²) in [5, 5.41) is 15.6. The molecule has 4 rings (SSSR count). The Morgan fingerprint density at radius 3 is 2.90 bits per heavy atom. The molecular formula is C14H16ClN5. The lowest BCUT2D eigenvalue weighted by molar-refractivity contribution is 0.440. The average molecular weight is 290 g/mol. The van der Waals surface area contributed by atoms with Gasteiger partial charge in [0.15, 0.2) is 0 Å². The van der Waals surface area contributed by atoms with Gasteiger partial charge in [-0.2, -0.15) is 0 Å². The van der Waals surface area contributed by atoms with Crippen LogP contribution in [-0.2, 0) is 0 Å². The van der Waals surface area contributed by atoms with Crippen molar-refractivity contribution in [3.8, 4) is 5.69 Å². The third-order valence-electron chi connectivity index (χ3n) is 4.64. The average Bonchev–Trinajstić information content (AvgIpc) is 3.17. The minimum Gasteiger partial charge on any atom is -0.381 e. The minimum absolute atomic E-state index is 0.565. The molecule has 1 aromatic heterocycles. The topological polar surface area (TPSA) is 55.6 Å². The summed E-state index contributed by atoms with van der Waals surface area (Å²) in [6, 6.07) is 6.40. The number of tetrazole rings is 1. The fourth-order valence-corrected chi connectivity index (χ4v) is 3.84. The zero-order valence-electron chi connectivity index (χ0n) is 11.0. The Labute approximate surface area is 122 Å². The van der Waals surface area contributed by atoms with Crippen LogP contribution in [0.3, 0.4) is 0 Å². The molecule has 0 spiro atoms. The van der Waals surface area contributed by atoms with Crippen molar-refractivity contribution in [3.63, 3.8) is 0 Å². The van der Waals surface area contributed by atoms with Gasteiger partial charge in [0, 0.05) is 6.04 Å². The molecule has 1 heterocycles. The van der Waals surface area contributed by atoms with Crippen LogP contribution < -0.4 is 5.32 Å². The Hall–Kier alpha value is -1.62. The van der Waals surface area contributed by atoms with Crippen LogP contribution in [0, 0.1) is 11.8 Å². The molecule has 2 fully saturated rings. The van der Waals surface area contributed by atoms with Gasteiger partial charge < -0.3 is 5.32 Å². The second-order valence-electron chi connectivity index (χ2n) is 5.84. The van der Waals surface area contributed by atoms with Gasteiger partial charge in [0.1, 0.15) is 6.33 Å². The van der Waals surface area contributed by atoms with Crippen molar-refractivity contribution in [3.05, 3.63) is 29.5 Å². The van der Waals surface area contributed by atoms with Crippen LogP contribution in [-0.4, -0.2) is 26.2 Å². The summed E-state index contributed by atoms with van der Waals surface area (Å²) in [6.07, 6.45) is 7.00. The summed E-state index contributed by atoms with van der Waals surface area (Å²) in [7, 11) is 0. The van der Waals surface area contributed by atoms with Gasteiger partial charge in [-0.1, -0.05) is 18.0 Å². The second-order valence-corrected chi connectivity index (χ2v) is 6.25. The molecule has 2 aromatic rings. The van der Waals surface area contributed by atoms with Crippen molar-refractivity contribution >= 4 is 17.3 Å². The SMILES string of the molecule is Clc1ccc(-n2cnnn2)cc1NC1CC2CCC1C2. The molecule has 2 saturated carbocycles. The van der Waals surface area contributed by atoms with Crippen LogP contribution >= 0.6 is 11.6 Å². The molecule has 104 valence electrons. The molecule has 1 aromatic carbocycles. The highest BCUT2D eigenvalue weighted by Gasteiger charge is 2.39. The lowest BCUT2D eigenvalue weighted by Gasteiger charge is -2.24. The molecule has 2 aliphatic carbocycles. The first-order chi connectivity index (χ1) is 9.79. The van der Waals surface area contributed by atoms with Crippen LogP contribution in [0.5, 0.6) is 0 Å². The Morgan fingerprint density at radius 2 is 2.20 bits per heavy atom. The number of nitrogens with zero attached hydrogens (tertiary/aromatic N) is 4. The highest BCUT2D eigenvalue weighted by Crippen LogP contribution is 2.46. The van der Waals surface area contributed by atoms with Gasteiger partial charge in [0.2, 0.25) is 0 Å². The Bertz CT molecular complexity index is 612. The predicted octanol–water partition coefficient (Wildman–Crippen LogP) is 2.92. The van der Waals surface area contributed by atoms with E-state index in [9.17, 15) is 0 Å². The summed E-state index contributed by atoms with van der Waals surface area (Å²) in [5.41, 5.74) is 1.90. The van der Waals surface area contributed by atoms with Crippen LogP contribution in [0.15, 0.2) is 24.5 Å². The zero-order valence-corrected chi connectivity index (χ0v) is 11.8. The van der Waals surface area contributed by atoms with Crippen molar-refractivity contribution in [2.24, 2.45) is 11.8 Å². The van der Waals surface area contributed by atoms with Crippen molar-refractivity contribution in [1.82, 2.24) is 20.2 Å². The molecule has 3 unspecified atom stereocenters. The Balaban J connectivity index is 1.59. The zero-order chi connectivity index (χ0) is 13.5. The maximum Gasteiger partial charge on any atom is 0.143 e. The number of aromatic nitrogens is 4. The largest absolute Gasteiger partial charge is 0.381 e. The molecule has 5 nitrogen and oxygen atoms in total. The second kappa shape index (κ2) is 4.74. The molecule has 1 N–H and O–H groups in total. The molecule has 20 heavy (non-hydrogen) atoms. The molecule has 3 atom stereocenters. The third kappa shape index (κ3) is 2.06. The van der Waals surface area contributed by atoms with Gasteiger partial charge >= 0.3 is 0 Å². The van der Waals surface area contributed by atoms with E-state index in [1.165, 1.54) is 25.7 Å². The summed E-state index contributed by atoms with van der Waals surface area (Å²) >= 11 is 6.31. The van der Waals surface area contributed by atoms with Crippen molar-refractivity contribution < 1.29 is 0 Å². The molecule has 0 saturated heterocycles. The van der Waals surface area contributed by atoms with Gasteiger partial charge in [-0.25, -0.2) is 4.68 Å². The standard InChI is InChI=1S/C14H16ClN5/c15-12-4-3-11(20-8-16-18-19-20)7-14(12)17-13-6-9-1-2-10(13)5-9/h3-4,7-10,13,17H,1-2,5-6H2. The van der Waals surface area contributed by atoms with Gasteiger partial charge in [-0.05, 0) is 59.7 Å². The molecule has 6 heteroatoms. The number of benzene rings is 1. The number of nitrogens with one attached hydrogen (secondary N) is 1. The summed E-state index contributed by atoms with van der Waals surface area (Å²) < 4.78 is 1.64. The number of hydrogen-bond donors (Lipinski definition) is 1. The molecule has 2 aliphatic rings. The predicted molar refractivity (Wildman–Crippen MR) is 77.0 cm³/mol. The first-order valence-electron chi connectivity index (χ1n) is 7.09. The lowest BCUT2D eigenvalue weighted by Crippen LogP contribution is -2.26. The summed E-state index contributed by atoms with van der Waals surface area (Å²) in [5.74, 6) is 1.73. The van der Waals surface area contributed by atoms with Crippen LogP contribution in [0.1, 0.15) is 25.7 Å². The van der Waals surface area contributed by atoms with Crippen molar-refractivity contribution in [2.75, 3.05) is 5.32 Å². The van der Waals surface area contributed by atoms with E-state index >= 15 is 0 Å². The van der Waals surface area contributed by atoms with E-state index < -0.39 is 0 Å². The quantitative estimate of drug-likeness (QED) is 0.944. The maximum atomic E-state index is 6.31. The summed E-state index contributed by atoms with van der Waals surface area (Å²) in [4.78, 5) is 0. The van der Waals surface area contributed by atoms with E-state index in [0.29, 0.717) is 6.04 Å². The fourth-order valence-electron chi connectivity index (χ4n) is 3.67. The fraction of sp³-hybridized carbons (Fsp3) is 0.500. The van der Waals surface area contributed by atoms with Gasteiger partial charge in [0.05, 0.1) is 16.4 Å². The number of anilines is 1. The highest BCUT2D eigenvalue weighted by molar-refractivity contribution is 6.33. The van der Waals surface area contributed by atoms with E-state index in [4.69, 9.17) is 11.6 Å². The molecule has 0 radical (unpaired) electrons. The van der Waals surface area contributed by atoms with E-state index in [0.717, 1.165) is 28.2 Å². The normalized spacial score (nSPS) is 27.9.